The van der Waals surface area contributed by atoms with E-state index in [1.165, 1.54) is 10.8 Å². The van der Waals surface area contributed by atoms with Gasteiger partial charge in [-0.2, -0.15) is 5.10 Å². The highest BCUT2D eigenvalue weighted by molar-refractivity contribution is 5.98. The molecular formula is C26H28F2N6O3. The second kappa shape index (κ2) is 10.3. The Morgan fingerprint density at radius 1 is 1.14 bits per heavy atom. The molecule has 3 aromatic rings. The van der Waals surface area contributed by atoms with Crippen molar-refractivity contribution in [2.75, 3.05) is 38.0 Å². The molecule has 11 heteroatoms. The number of anilines is 1. The third kappa shape index (κ3) is 5.06. The number of aliphatic hydroxyl groups excluding tert-OH is 1. The van der Waals surface area contributed by atoms with E-state index < -0.39 is 23.8 Å². The van der Waals surface area contributed by atoms with Crippen LogP contribution in [-0.2, 0) is 0 Å². The lowest BCUT2D eigenvalue weighted by molar-refractivity contribution is -0.00605. The molecule has 3 heterocycles. The average molecular weight is 511 g/mol. The number of nitrogens with two attached hydrogens (primary N) is 1. The van der Waals surface area contributed by atoms with Crippen LogP contribution in [0.3, 0.4) is 0 Å². The minimum atomic E-state index is -0.736. The predicted octanol–water partition coefficient (Wildman–Crippen LogP) is 3.02. The SMILES string of the molecule is C=CC(O)N1CCN([C@@H]2CCNc3c2nn(-c2ccc(Oc4cc(F)cc(F)c4)cc2)c3C(N)=O)CC1. The molecule has 9 nitrogen and oxygen atoms in total. The van der Waals surface area contributed by atoms with E-state index in [1.54, 1.807) is 24.3 Å². The molecule has 1 fully saturated rings. The van der Waals surface area contributed by atoms with Crippen molar-refractivity contribution in [3.8, 4) is 17.2 Å². The van der Waals surface area contributed by atoms with Crippen molar-refractivity contribution in [1.82, 2.24) is 19.6 Å². The molecule has 0 saturated carbocycles. The summed E-state index contributed by atoms with van der Waals surface area (Å²) < 4.78 is 34.1. The van der Waals surface area contributed by atoms with Crippen molar-refractivity contribution in [2.24, 2.45) is 5.73 Å². The fourth-order valence-electron chi connectivity index (χ4n) is 4.92. The first-order valence-corrected chi connectivity index (χ1v) is 12.0. The minimum Gasteiger partial charge on any atom is -0.457 e. The van der Waals surface area contributed by atoms with Crippen LogP contribution >= 0.6 is 0 Å². The van der Waals surface area contributed by atoms with E-state index in [-0.39, 0.29) is 17.5 Å². The number of carbonyl (C=O) groups is 1. The molecule has 37 heavy (non-hydrogen) atoms. The maximum Gasteiger partial charge on any atom is 0.269 e. The Balaban J connectivity index is 1.40. The van der Waals surface area contributed by atoms with Crippen molar-refractivity contribution < 1.29 is 23.4 Å². The van der Waals surface area contributed by atoms with Gasteiger partial charge in [0.05, 0.1) is 17.4 Å². The number of hydrogen-bond donors (Lipinski definition) is 3. The van der Waals surface area contributed by atoms with Crippen LogP contribution in [0.1, 0.15) is 28.6 Å². The number of piperazine rings is 1. The Morgan fingerprint density at radius 2 is 1.81 bits per heavy atom. The lowest BCUT2D eigenvalue weighted by Gasteiger charge is -2.41. The number of aliphatic hydroxyl groups is 1. The first-order chi connectivity index (χ1) is 17.8. The quantitative estimate of drug-likeness (QED) is 0.419. The number of halogens is 2. The summed E-state index contributed by atoms with van der Waals surface area (Å²) in [6.45, 7) is 7.17. The van der Waals surface area contributed by atoms with E-state index in [4.69, 9.17) is 15.6 Å². The number of nitrogens with one attached hydrogen (secondary N) is 1. The topological polar surface area (TPSA) is 109 Å². The Morgan fingerprint density at radius 3 is 2.43 bits per heavy atom. The van der Waals surface area contributed by atoms with Crippen molar-refractivity contribution in [3.05, 3.63) is 78.1 Å². The molecule has 2 aliphatic heterocycles. The van der Waals surface area contributed by atoms with Gasteiger partial charge in [0.1, 0.15) is 35.1 Å². The van der Waals surface area contributed by atoms with Gasteiger partial charge in [-0.1, -0.05) is 6.58 Å². The van der Waals surface area contributed by atoms with Gasteiger partial charge in [-0.15, -0.1) is 0 Å². The van der Waals surface area contributed by atoms with Crippen LogP contribution in [0.15, 0.2) is 55.1 Å². The summed E-state index contributed by atoms with van der Waals surface area (Å²) in [5.41, 5.74) is 7.98. The largest absolute Gasteiger partial charge is 0.457 e. The minimum absolute atomic E-state index is 0.0101. The summed E-state index contributed by atoms with van der Waals surface area (Å²) in [5.74, 6) is -1.69. The van der Waals surface area contributed by atoms with Crippen molar-refractivity contribution in [2.45, 2.75) is 18.7 Å². The van der Waals surface area contributed by atoms with Crippen LogP contribution in [0.25, 0.3) is 5.69 Å². The number of primary amides is 1. The summed E-state index contributed by atoms with van der Waals surface area (Å²) in [4.78, 5) is 16.8. The fourth-order valence-corrected chi connectivity index (χ4v) is 4.92. The first-order valence-electron chi connectivity index (χ1n) is 12.0. The number of aromatic nitrogens is 2. The monoisotopic (exact) mass is 510 g/mol. The molecule has 0 spiro atoms. The van der Waals surface area contributed by atoms with Gasteiger partial charge in [0.2, 0.25) is 0 Å². The van der Waals surface area contributed by atoms with Crippen molar-refractivity contribution in [1.29, 1.82) is 0 Å². The van der Waals surface area contributed by atoms with Gasteiger partial charge in [0.25, 0.3) is 5.91 Å². The van der Waals surface area contributed by atoms with Crippen LogP contribution < -0.4 is 15.8 Å². The number of amides is 1. The summed E-state index contributed by atoms with van der Waals surface area (Å²) in [6.07, 6.45) is 1.66. The number of rotatable bonds is 7. The van der Waals surface area contributed by atoms with Crippen LogP contribution in [0.2, 0.25) is 0 Å². The molecule has 2 atom stereocenters. The van der Waals surface area contributed by atoms with Gasteiger partial charge in [-0.05, 0) is 36.8 Å². The Kier molecular flexibility index (Phi) is 6.92. The van der Waals surface area contributed by atoms with E-state index in [2.05, 4.69) is 16.8 Å². The Labute approximate surface area is 212 Å². The number of carbonyl (C=O) groups excluding carboxylic acids is 1. The maximum absolute atomic E-state index is 13.5. The second-order valence-corrected chi connectivity index (χ2v) is 9.04. The van der Waals surface area contributed by atoms with Crippen molar-refractivity contribution >= 4 is 11.6 Å². The van der Waals surface area contributed by atoms with Gasteiger partial charge in [0, 0.05) is 50.9 Å². The van der Waals surface area contributed by atoms with E-state index in [9.17, 15) is 18.7 Å². The zero-order chi connectivity index (χ0) is 26.1. The second-order valence-electron chi connectivity index (χ2n) is 9.04. The number of fused-ring (bicyclic) bond motifs is 1. The molecule has 0 aliphatic carbocycles. The zero-order valence-electron chi connectivity index (χ0n) is 20.1. The van der Waals surface area contributed by atoms with E-state index in [0.29, 0.717) is 36.8 Å². The third-order valence-corrected chi connectivity index (χ3v) is 6.71. The molecule has 1 amide bonds. The van der Waals surface area contributed by atoms with Gasteiger partial charge in [-0.25, -0.2) is 13.5 Å². The number of hydrogen-bond acceptors (Lipinski definition) is 7. The van der Waals surface area contributed by atoms with E-state index in [0.717, 1.165) is 43.4 Å². The summed E-state index contributed by atoms with van der Waals surface area (Å²) in [6, 6.07) is 9.58. The van der Waals surface area contributed by atoms with Crippen LogP contribution in [0.5, 0.6) is 11.5 Å². The van der Waals surface area contributed by atoms with E-state index >= 15 is 0 Å². The molecule has 0 radical (unpaired) electrons. The van der Waals surface area contributed by atoms with Gasteiger partial charge in [0.15, 0.2) is 5.69 Å². The van der Waals surface area contributed by atoms with Gasteiger partial charge < -0.3 is 20.9 Å². The predicted molar refractivity (Wildman–Crippen MR) is 134 cm³/mol. The standard InChI is InChI=1S/C26H28F2N6O3/c1-2-22(35)33-11-9-32(10-12-33)21-7-8-30-24-23(21)31-34(25(24)26(29)36)18-3-5-19(6-4-18)37-20-14-16(27)13-17(28)15-20/h2-6,13-15,21-22,30,35H,1,7-12H2,(H2,29,36)/t21-,22?/m1/s1. The summed E-state index contributed by atoms with van der Waals surface area (Å²) in [7, 11) is 0. The average Bonchev–Trinajstić information content (AvgIpc) is 3.28. The molecule has 5 rings (SSSR count). The highest BCUT2D eigenvalue weighted by Crippen LogP contribution is 2.37. The van der Waals surface area contributed by atoms with Gasteiger partial charge >= 0.3 is 0 Å². The molecular weight excluding hydrogens is 482 g/mol. The molecule has 4 N–H and O–H groups in total. The van der Waals surface area contributed by atoms with Crippen LogP contribution in [0.4, 0.5) is 14.5 Å². The van der Waals surface area contributed by atoms with Crippen LogP contribution in [-0.4, -0.2) is 69.5 Å². The Hall–Kier alpha value is -3.80. The Bertz CT molecular complexity index is 1280. The first kappa shape index (κ1) is 24.9. The molecule has 0 bridgehead atoms. The fraction of sp³-hybridized carbons (Fsp3) is 0.308. The smallest absolute Gasteiger partial charge is 0.269 e. The summed E-state index contributed by atoms with van der Waals surface area (Å²) in [5, 5.41) is 18.2. The zero-order valence-corrected chi connectivity index (χ0v) is 20.1. The lowest BCUT2D eigenvalue weighted by Crippen LogP contribution is -2.51. The molecule has 194 valence electrons. The van der Waals surface area contributed by atoms with Gasteiger partial charge in [-0.3, -0.25) is 14.6 Å². The summed E-state index contributed by atoms with van der Waals surface area (Å²) >= 11 is 0. The van der Waals surface area contributed by atoms with Crippen LogP contribution in [0, 0.1) is 11.6 Å². The highest BCUT2D eigenvalue weighted by atomic mass is 19.1. The number of nitrogens with zero attached hydrogens (tertiary/aromatic N) is 4. The molecule has 2 aromatic carbocycles. The number of ether oxygens (including phenoxy) is 1. The maximum atomic E-state index is 13.5. The van der Waals surface area contributed by atoms with Crippen molar-refractivity contribution in [3.63, 3.8) is 0 Å². The molecule has 1 aromatic heterocycles. The molecule has 2 aliphatic rings. The lowest BCUT2D eigenvalue weighted by atomic mass is 10.0. The normalized spacial score (nSPS) is 19.1. The number of benzene rings is 2. The third-order valence-electron chi connectivity index (χ3n) is 6.71. The molecule has 1 unspecified atom stereocenters. The highest BCUT2D eigenvalue weighted by Gasteiger charge is 2.35. The molecule has 1 saturated heterocycles. The van der Waals surface area contributed by atoms with E-state index in [1.807, 2.05) is 4.90 Å².